The second-order valence-electron chi connectivity index (χ2n) is 5.88. The molecule has 0 heterocycles. The van der Waals surface area contributed by atoms with E-state index in [9.17, 15) is 13.2 Å². The standard InChI is InChI=1S/C19H22F3N/c1-2-3-4-18(23)13-14-5-7-15(8-6-14)16-9-11-17(12-10-16)19(20,21)22/h5-12,18H,2-4,13,23H2,1H3. The molecule has 2 rings (SSSR count). The molecule has 124 valence electrons. The molecular weight excluding hydrogens is 299 g/mol. The lowest BCUT2D eigenvalue weighted by molar-refractivity contribution is -0.137. The number of hydrogen-bond acceptors (Lipinski definition) is 1. The maximum Gasteiger partial charge on any atom is 0.416 e. The van der Waals surface area contributed by atoms with Gasteiger partial charge in [-0.25, -0.2) is 0 Å². The lowest BCUT2D eigenvalue weighted by Crippen LogP contribution is -2.22. The van der Waals surface area contributed by atoms with Crippen LogP contribution in [0.2, 0.25) is 0 Å². The van der Waals surface area contributed by atoms with Crippen molar-refractivity contribution in [3.63, 3.8) is 0 Å². The van der Waals surface area contributed by atoms with E-state index in [2.05, 4.69) is 6.92 Å². The van der Waals surface area contributed by atoms with E-state index in [0.29, 0.717) is 0 Å². The van der Waals surface area contributed by atoms with Crippen molar-refractivity contribution >= 4 is 0 Å². The van der Waals surface area contributed by atoms with Crippen molar-refractivity contribution in [3.8, 4) is 11.1 Å². The zero-order valence-electron chi connectivity index (χ0n) is 13.2. The zero-order valence-corrected chi connectivity index (χ0v) is 13.2. The highest BCUT2D eigenvalue weighted by molar-refractivity contribution is 5.64. The minimum atomic E-state index is -4.29. The lowest BCUT2D eigenvalue weighted by atomic mass is 9.98. The Balaban J connectivity index is 2.04. The molecule has 0 spiro atoms. The van der Waals surface area contributed by atoms with Crippen molar-refractivity contribution < 1.29 is 13.2 Å². The van der Waals surface area contributed by atoms with E-state index in [1.807, 2.05) is 24.3 Å². The smallest absolute Gasteiger partial charge is 0.327 e. The zero-order chi connectivity index (χ0) is 16.9. The first-order valence-electron chi connectivity index (χ1n) is 7.92. The fourth-order valence-electron chi connectivity index (χ4n) is 2.56. The summed E-state index contributed by atoms with van der Waals surface area (Å²) < 4.78 is 37.7. The number of hydrogen-bond donors (Lipinski definition) is 1. The normalized spacial score (nSPS) is 13.1. The molecule has 0 aliphatic rings. The molecule has 2 aromatic rings. The Morgan fingerprint density at radius 3 is 1.91 bits per heavy atom. The maximum atomic E-state index is 12.6. The van der Waals surface area contributed by atoms with Gasteiger partial charge in [0.25, 0.3) is 0 Å². The van der Waals surface area contributed by atoms with Gasteiger partial charge < -0.3 is 5.73 Å². The van der Waals surface area contributed by atoms with Gasteiger partial charge in [0.2, 0.25) is 0 Å². The van der Waals surface area contributed by atoms with Gasteiger partial charge in [0, 0.05) is 6.04 Å². The molecule has 0 bridgehead atoms. The van der Waals surface area contributed by atoms with Gasteiger partial charge in [-0.05, 0) is 41.7 Å². The molecule has 0 amide bonds. The number of rotatable bonds is 6. The Bertz CT molecular complexity index is 600. The van der Waals surface area contributed by atoms with Crippen LogP contribution in [0.4, 0.5) is 13.2 Å². The summed E-state index contributed by atoms with van der Waals surface area (Å²) in [6.07, 6.45) is -0.188. The molecule has 2 N–H and O–H groups in total. The molecule has 1 unspecified atom stereocenters. The van der Waals surface area contributed by atoms with E-state index in [0.717, 1.165) is 54.5 Å². The van der Waals surface area contributed by atoms with E-state index < -0.39 is 11.7 Å². The molecule has 0 fully saturated rings. The topological polar surface area (TPSA) is 26.0 Å². The minimum absolute atomic E-state index is 0.159. The average Bonchev–Trinajstić information content (AvgIpc) is 2.53. The first-order chi connectivity index (χ1) is 10.9. The molecule has 0 radical (unpaired) electrons. The van der Waals surface area contributed by atoms with Crippen LogP contribution >= 0.6 is 0 Å². The van der Waals surface area contributed by atoms with Gasteiger partial charge in [0.15, 0.2) is 0 Å². The summed E-state index contributed by atoms with van der Waals surface area (Å²) in [6, 6.07) is 13.3. The van der Waals surface area contributed by atoms with Crippen LogP contribution < -0.4 is 5.73 Å². The van der Waals surface area contributed by atoms with Gasteiger partial charge in [0.1, 0.15) is 0 Å². The third-order valence-electron chi connectivity index (χ3n) is 3.93. The Morgan fingerprint density at radius 1 is 0.913 bits per heavy atom. The van der Waals surface area contributed by atoms with Crippen molar-refractivity contribution in [2.24, 2.45) is 5.73 Å². The Hall–Kier alpha value is -1.81. The van der Waals surface area contributed by atoms with Crippen molar-refractivity contribution in [2.75, 3.05) is 0 Å². The highest BCUT2D eigenvalue weighted by atomic mass is 19.4. The molecule has 0 aliphatic heterocycles. The second kappa shape index (κ2) is 7.64. The molecule has 1 atom stereocenters. The molecule has 4 heteroatoms. The highest BCUT2D eigenvalue weighted by Gasteiger charge is 2.29. The number of unbranched alkanes of at least 4 members (excludes halogenated alkanes) is 1. The number of halogens is 3. The molecule has 0 aromatic heterocycles. The molecular formula is C19H22F3N. The summed E-state index contributed by atoms with van der Waals surface area (Å²) in [5, 5.41) is 0. The Labute approximate surface area is 135 Å². The molecule has 23 heavy (non-hydrogen) atoms. The quantitative estimate of drug-likeness (QED) is 0.754. The van der Waals surface area contributed by atoms with Crippen molar-refractivity contribution in [1.29, 1.82) is 0 Å². The molecule has 1 nitrogen and oxygen atoms in total. The van der Waals surface area contributed by atoms with E-state index in [-0.39, 0.29) is 6.04 Å². The van der Waals surface area contributed by atoms with Gasteiger partial charge >= 0.3 is 6.18 Å². The fraction of sp³-hybridized carbons (Fsp3) is 0.368. The Morgan fingerprint density at radius 2 is 1.43 bits per heavy atom. The Kier molecular flexibility index (Phi) is 5.83. The summed E-state index contributed by atoms with van der Waals surface area (Å²) >= 11 is 0. The van der Waals surface area contributed by atoms with Crippen LogP contribution in [0.3, 0.4) is 0 Å². The summed E-state index contributed by atoms with van der Waals surface area (Å²) in [6.45, 7) is 2.14. The van der Waals surface area contributed by atoms with Crippen LogP contribution in [-0.2, 0) is 12.6 Å². The average molecular weight is 321 g/mol. The minimum Gasteiger partial charge on any atom is -0.327 e. The van der Waals surface area contributed by atoms with E-state index >= 15 is 0 Å². The molecule has 2 aromatic carbocycles. The SMILES string of the molecule is CCCCC(N)Cc1ccc(-c2ccc(C(F)(F)F)cc2)cc1. The largest absolute Gasteiger partial charge is 0.416 e. The van der Waals surface area contributed by atoms with Gasteiger partial charge in [-0.2, -0.15) is 13.2 Å². The van der Waals surface area contributed by atoms with Gasteiger partial charge in [-0.1, -0.05) is 56.2 Å². The lowest BCUT2D eigenvalue weighted by Gasteiger charge is -2.12. The first kappa shape index (κ1) is 17.5. The predicted octanol–water partition coefficient (Wildman–Crippen LogP) is 5.43. The third kappa shape index (κ3) is 5.10. The van der Waals surface area contributed by atoms with Gasteiger partial charge in [0.05, 0.1) is 5.56 Å². The van der Waals surface area contributed by atoms with E-state index in [1.165, 1.54) is 12.1 Å². The molecule has 0 saturated heterocycles. The van der Waals surface area contributed by atoms with Crippen molar-refractivity contribution in [2.45, 2.75) is 44.8 Å². The van der Waals surface area contributed by atoms with Gasteiger partial charge in [-0.15, -0.1) is 0 Å². The maximum absolute atomic E-state index is 12.6. The summed E-state index contributed by atoms with van der Waals surface area (Å²) in [7, 11) is 0. The van der Waals surface area contributed by atoms with E-state index in [1.54, 1.807) is 0 Å². The van der Waals surface area contributed by atoms with Crippen LogP contribution in [0.15, 0.2) is 48.5 Å². The van der Waals surface area contributed by atoms with E-state index in [4.69, 9.17) is 5.73 Å². The fourth-order valence-corrected chi connectivity index (χ4v) is 2.56. The van der Waals surface area contributed by atoms with Crippen LogP contribution in [-0.4, -0.2) is 6.04 Å². The number of nitrogens with two attached hydrogens (primary N) is 1. The summed E-state index contributed by atoms with van der Waals surface area (Å²) in [5.41, 5.74) is 8.31. The predicted molar refractivity (Wildman–Crippen MR) is 88.1 cm³/mol. The van der Waals surface area contributed by atoms with Gasteiger partial charge in [-0.3, -0.25) is 0 Å². The summed E-state index contributed by atoms with van der Waals surface area (Å²) in [5.74, 6) is 0. The third-order valence-corrected chi connectivity index (χ3v) is 3.93. The van der Waals surface area contributed by atoms with Crippen molar-refractivity contribution in [3.05, 3.63) is 59.7 Å². The molecule has 0 saturated carbocycles. The number of benzene rings is 2. The summed E-state index contributed by atoms with van der Waals surface area (Å²) in [4.78, 5) is 0. The monoisotopic (exact) mass is 321 g/mol. The molecule has 0 aliphatic carbocycles. The first-order valence-corrected chi connectivity index (χ1v) is 7.92. The van der Waals surface area contributed by atoms with Crippen LogP contribution in [0.1, 0.15) is 37.3 Å². The van der Waals surface area contributed by atoms with Crippen LogP contribution in [0.25, 0.3) is 11.1 Å². The van der Waals surface area contributed by atoms with Crippen LogP contribution in [0.5, 0.6) is 0 Å². The van der Waals surface area contributed by atoms with Crippen LogP contribution in [0, 0.1) is 0 Å². The number of alkyl halides is 3. The highest BCUT2D eigenvalue weighted by Crippen LogP contribution is 2.31. The second-order valence-corrected chi connectivity index (χ2v) is 5.88. The van der Waals surface area contributed by atoms with Crippen molar-refractivity contribution in [1.82, 2.24) is 0 Å².